The van der Waals surface area contributed by atoms with Gasteiger partial charge in [0, 0.05) is 26.2 Å². The number of hydrogen-bond acceptors (Lipinski definition) is 6. The molecule has 198 valence electrons. The van der Waals surface area contributed by atoms with Crippen LogP contribution in [0.1, 0.15) is 63.8 Å². The number of aromatic nitrogens is 2. The molecule has 2 aromatic rings. The van der Waals surface area contributed by atoms with Crippen molar-refractivity contribution in [2.24, 2.45) is 0 Å². The van der Waals surface area contributed by atoms with Crippen molar-refractivity contribution in [1.29, 1.82) is 0 Å². The fourth-order valence-corrected chi connectivity index (χ4v) is 5.44. The minimum Gasteiger partial charge on any atom is -0.417 e. The summed E-state index contributed by atoms with van der Waals surface area (Å²) in [6, 6.07) is 6.49. The molecule has 1 saturated heterocycles. The van der Waals surface area contributed by atoms with Crippen molar-refractivity contribution >= 4 is 19.8 Å². The molecular weight excluding hydrogens is 479 g/mol. The fourth-order valence-electron chi connectivity index (χ4n) is 4.36. The molecule has 3 rings (SSSR count). The van der Waals surface area contributed by atoms with Gasteiger partial charge in [-0.05, 0) is 74.4 Å². The Hall–Kier alpha value is -2.59. The maximum Gasteiger partial charge on any atom is 0.376 e. The maximum atomic E-state index is 13.3. The first-order valence-electron chi connectivity index (χ1n) is 12.7. The van der Waals surface area contributed by atoms with Gasteiger partial charge in [0.2, 0.25) is 5.82 Å². The second-order valence-electron chi connectivity index (χ2n) is 11.2. The van der Waals surface area contributed by atoms with E-state index >= 15 is 0 Å². The van der Waals surface area contributed by atoms with Gasteiger partial charge in [-0.2, -0.15) is 0 Å². The second kappa shape index (κ2) is 11.2. The standard InChI is InChI=1S/C26H39FN4O4Si/c1-19-28-24(29-16-13-21(14-17-29)20-9-11-22(27)12-10-20)23(31(33)34)25(32)30(19)15-7-8-18-35-36(5,6)26(2,3)4/h9-12,21H,7-8,13-18H2,1-6H3. The quantitative estimate of drug-likeness (QED) is 0.181. The van der Waals surface area contributed by atoms with Gasteiger partial charge in [0.15, 0.2) is 8.32 Å². The average Bonchev–Trinajstić information content (AvgIpc) is 2.80. The highest BCUT2D eigenvalue weighted by Gasteiger charge is 2.37. The molecule has 0 amide bonds. The van der Waals surface area contributed by atoms with Crippen molar-refractivity contribution in [2.45, 2.75) is 84.0 Å². The van der Waals surface area contributed by atoms with E-state index in [0.29, 0.717) is 38.5 Å². The molecule has 0 N–H and O–H groups in total. The van der Waals surface area contributed by atoms with Crippen molar-refractivity contribution in [3.8, 4) is 0 Å². The molecule has 1 aliphatic rings. The van der Waals surface area contributed by atoms with Gasteiger partial charge in [-0.15, -0.1) is 0 Å². The molecule has 1 aromatic carbocycles. The molecule has 0 bridgehead atoms. The van der Waals surface area contributed by atoms with Crippen LogP contribution in [-0.2, 0) is 11.0 Å². The third kappa shape index (κ3) is 6.39. The summed E-state index contributed by atoms with van der Waals surface area (Å²) in [6.07, 6.45) is 2.95. The van der Waals surface area contributed by atoms with Gasteiger partial charge >= 0.3 is 11.2 Å². The SMILES string of the molecule is Cc1nc(N2CCC(c3ccc(F)cc3)CC2)c([N+](=O)[O-])c(=O)n1CCCCO[Si](C)(C)C(C)(C)C. The second-order valence-corrected chi connectivity index (χ2v) is 16.0. The average molecular weight is 519 g/mol. The first-order valence-corrected chi connectivity index (χ1v) is 15.6. The lowest BCUT2D eigenvalue weighted by Crippen LogP contribution is -2.41. The molecule has 0 unspecified atom stereocenters. The van der Waals surface area contributed by atoms with Crippen LogP contribution in [0.3, 0.4) is 0 Å². The number of aryl methyl sites for hydroxylation is 1. The van der Waals surface area contributed by atoms with E-state index in [1.807, 2.05) is 4.90 Å². The molecule has 8 nitrogen and oxygen atoms in total. The van der Waals surface area contributed by atoms with Crippen molar-refractivity contribution in [3.63, 3.8) is 0 Å². The van der Waals surface area contributed by atoms with Crippen LogP contribution in [-0.4, -0.2) is 42.5 Å². The molecule has 0 spiro atoms. The van der Waals surface area contributed by atoms with Crippen molar-refractivity contribution in [2.75, 3.05) is 24.6 Å². The summed E-state index contributed by atoms with van der Waals surface area (Å²) in [4.78, 5) is 30.8. The Morgan fingerprint density at radius 1 is 1.17 bits per heavy atom. The lowest BCUT2D eigenvalue weighted by molar-refractivity contribution is -0.386. The minimum atomic E-state index is -1.83. The molecule has 36 heavy (non-hydrogen) atoms. The molecule has 2 heterocycles. The first kappa shape index (κ1) is 28.0. The Bertz CT molecular complexity index is 1120. The largest absolute Gasteiger partial charge is 0.417 e. The number of benzene rings is 1. The summed E-state index contributed by atoms with van der Waals surface area (Å²) in [6.45, 7) is 14.8. The van der Waals surface area contributed by atoms with Gasteiger partial charge in [0.05, 0.1) is 4.92 Å². The van der Waals surface area contributed by atoms with Crippen LogP contribution in [0.15, 0.2) is 29.1 Å². The summed E-state index contributed by atoms with van der Waals surface area (Å²) in [7, 11) is -1.83. The monoisotopic (exact) mass is 518 g/mol. The zero-order chi connectivity index (χ0) is 26.7. The number of nitrogens with zero attached hydrogens (tertiary/aromatic N) is 4. The number of unbranched alkanes of at least 4 members (excludes halogenated alkanes) is 1. The molecule has 0 radical (unpaired) electrons. The highest BCUT2D eigenvalue weighted by molar-refractivity contribution is 6.74. The van der Waals surface area contributed by atoms with Gasteiger partial charge in [-0.1, -0.05) is 32.9 Å². The van der Waals surface area contributed by atoms with Crippen molar-refractivity contribution in [1.82, 2.24) is 9.55 Å². The van der Waals surface area contributed by atoms with E-state index in [-0.39, 0.29) is 22.6 Å². The molecule has 1 fully saturated rings. The maximum absolute atomic E-state index is 13.3. The minimum absolute atomic E-state index is 0.133. The van der Waals surface area contributed by atoms with Gasteiger partial charge in [0.25, 0.3) is 0 Å². The predicted octanol–water partition coefficient (Wildman–Crippen LogP) is 5.79. The van der Waals surface area contributed by atoms with Crippen LogP contribution in [0.4, 0.5) is 15.9 Å². The lowest BCUT2D eigenvalue weighted by Gasteiger charge is -2.36. The molecule has 1 aromatic heterocycles. The molecule has 1 aliphatic heterocycles. The van der Waals surface area contributed by atoms with Gasteiger partial charge < -0.3 is 9.33 Å². The number of anilines is 1. The Balaban J connectivity index is 1.68. The van der Waals surface area contributed by atoms with E-state index in [4.69, 9.17) is 4.43 Å². The summed E-state index contributed by atoms with van der Waals surface area (Å²) in [5, 5.41) is 12.1. The van der Waals surface area contributed by atoms with E-state index in [1.54, 1.807) is 19.1 Å². The first-order chi connectivity index (χ1) is 16.8. The topological polar surface area (TPSA) is 90.5 Å². The zero-order valence-electron chi connectivity index (χ0n) is 22.3. The smallest absolute Gasteiger partial charge is 0.376 e. The zero-order valence-corrected chi connectivity index (χ0v) is 23.3. The van der Waals surface area contributed by atoms with Crippen LogP contribution >= 0.6 is 0 Å². The predicted molar refractivity (Wildman–Crippen MR) is 143 cm³/mol. The van der Waals surface area contributed by atoms with E-state index < -0.39 is 24.5 Å². The third-order valence-corrected chi connectivity index (χ3v) is 12.2. The number of hydrogen-bond donors (Lipinski definition) is 0. The molecular formula is C26H39FN4O4Si. The molecule has 0 atom stereocenters. The van der Waals surface area contributed by atoms with Gasteiger partial charge in [-0.3, -0.25) is 19.5 Å². The number of halogens is 1. The summed E-state index contributed by atoms with van der Waals surface area (Å²) in [5.41, 5.74) is -0.00512. The Labute approximate surface area is 213 Å². The highest BCUT2D eigenvalue weighted by Crippen LogP contribution is 2.36. The van der Waals surface area contributed by atoms with Crippen LogP contribution in [0.2, 0.25) is 18.1 Å². The normalized spacial score (nSPS) is 15.4. The van der Waals surface area contributed by atoms with Crippen LogP contribution in [0.5, 0.6) is 0 Å². The fraction of sp³-hybridized carbons (Fsp3) is 0.615. The van der Waals surface area contributed by atoms with Crippen LogP contribution in [0.25, 0.3) is 0 Å². The highest BCUT2D eigenvalue weighted by atomic mass is 28.4. The van der Waals surface area contributed by atoms with E-state index in [2.05, 4.69) is 38.8 Å². The molecule has 0 saturated carbocycles. The van der Waals surface area contributed by atoms with Crippen molar-refractivity contribution in [3.05, 3.63) is 61.9 Å². The van der Waals surface area contributed by atoms with Gasteiger partial charge in [0.1, 0.15) is 11.6 Å². The third-order valence-electron chi connectivity index (χ3n) is 7.68. The number of piperidine rings is 1. The summed E-state index contributed by atoms with van der Waals surface area (Å²) in [5.74, 6) is 0.607. The van der Waals surface area contributed by atoms with E-state index in [0.717, 1.165) is 24.8 Å². The van der Waals surface area contributed by atoms with Crippen molar-refractivity contribution < 1.29 is 13.7 Å². The summed E-state index contributed by atoms with van der Waals surface area (Å²) >= 11 is 0. The van der Waals surface area contributed by atoms with E-state index in [9.17, 15) is 19.3 Å². The molecule has 10 heteroatoms. The summed E-state index contributed by atoms with van der Waals surface area (Å²) < 4.78 is 20.9. The molecule has 0 aliphatic carbocycles. The van der Waals surface area contributed by atoms with Crippen LogP contribution < -0.4 is 10.5 Å². The van der Waals surface area contributed by atoms with Crippen LogP contribution in [0, 0.1) is 22.9 Å². The number of rotatable bonds is 9. The Kier molecular flexibility index (Phi) is 8.71. The Morgan fingerprint density at radius 2 is 1.78 bits per heavy atom. The Morgan fingerprint density at radius 3 is 2.33 bits per heavy atom. The number of nitro groups is 1. The van der Waals surface area contributed by atoms with Gasteiger partial charge in [-0.25, -0.2) is 9.37 Å². The lowest BCUT2D eigenvalue weighted by atomic mass is 9.89. The van der Waals surface area contributed by atoms with E-state index in [1.165, 1.54) is 16.7 Å².